The van der Waals surface area contributed by atoms with Crippen molar-refractivity contribution in [2.45, 2.75) is 20.8 Å². The maximum absolute atomic E-state index is 9.50. The summed E-state index contributed by atoms with van der Waals surface area (Å²) in [5.74, 6) is 0.268. The van der Waals surface area contributed by atoms with Gasteiger partial charge in [-0.05, 0) is 49.6 Å². The van der Waals surface area contributed by atoms with E-state index in [1.54, 1.807) is 0 Å². The van der Waals surface area contributed by atoms with Crippen LogP contribution < -0.4 is 5.73 Å². The number of nitrogens with two attached hydrogens (primary N) is 1. The van der Waals surface area contributed by atoms with Gasteiger partial charge in [0.2, 0.25) is 0 Å². The molecule has 0 aliphatic carbocycles. The summed E-state index contributed by atoms with van der Waals surface area (Å²) in [6.45, 7) is 6.19. The minimum atomic E-state index is 0.268. The molecule has 24 heavy (non-hydrogen) atoms. The van der Waals surface area contributed by atoms with Crippen LogP contribution in [0.15, 0.2) is 48.5 Å². The van der Waals surface area contributed by atoms with E-state index in [0.29, 0.717) is 5.56 Å². The summed E-state index contributed by atoms with van der Waals surface area (Å²) >= 11 is 0. The monoisotopic (exact) mass is 313 g/mol. The van der Waals surface area contributed by atoms with Crippen LogP contribution in [0.25, 0.3) is 22.4 Å². The summed E-state index contributed by atoms with van der Waals surface area (Å²) in [6, 6.07) is 18.4. The number of rotatable bonds is 2. The minimum Gasteiger partial charge on any atom is -0.383 e. The Bertz CT molecular complexity index is 965. The fourth-order valence-corrected chi connectivity index (χ4v) is 2.77. The van der Waals surface area contributed by atoms with Gasteiger partial charge >= 0.3 is 0 Å². The van der Waals surface area contributed by atoms with Crippen LogP contribution in [-0.4, -0.2) is 4.98 Å². The highest BCUT2D eigenvalue weighted by atomic mass is 14.8. The summed E-state index contributed by atoms with van der Waals surface area (Å²) < 4.78 is 0. The molecule has 0 spiro atoms. The molecule has 118 valence electrons. The fraction of sp³-hybridized carbons (Fsp3) is 0.143. The third-order valence-electron chi connectivity index (χ3n) is 4.29. The van der Waals surface area contributed by atoms with E-state index in [1.807, 2.05) is 37.3 Å². The van der Waals surface area contributed by atoms with Gasteiger partial charge in [-0.3, -0.25) is 0 Å². The highest BCUT2D eigenvalue weighted by molar-refractivity contribution is 5.80. The van der Waals surface area contributed by atoms with E-state index in [4.69, 9.17) is 5.73 Å². The van der Waals surface area contributed by atoms with Gasteiger partial charge in [-0.2, -0.15) is 5.26 Å². The topological polar surface area (TPSA) is 62.7 Å². The van der Waals surface area contributed by atoms with E-state index in [1.165, 1.54) is 11.1 Å². The summed E-state index contributed by atoms with van der Waals surface area (Å²) in [7, 11) is 0. The van der Waals surface area contributed by atoms with Gasteiger partial charge in [0, 0.05) is 11.1 Å². The zero-order valence-electron chi connectivity index (χ0n) is 14.1. The van der Waals surface area contributed by atoms with Gasteiger partial charge in [0.15, 0.2) is 0 Å². The second kappa shape index (κ2) is 6.17. The molecule has 0 amide bonds. The van der Waals surface area contributed by atoms with Gasteiger partial charge in [-0.1, -0.05) is 42.0 Å². The number of anilines is 1. The number of aryl methyl sites for hydroxylation is 3. The third kappa shape index (κ3) is 2.87. The Hall–Kier alpha value is -3.12. The van der Waals surface area contributed by atoms with E-state index in [9.17, 15) is 5.26 Å². The van der Waals surface area contributed by atoms with Gasteiger partial charge in [0.1, 0.15) is 17.5 Å². The average Bonchev–Trinajstić information content (AvgIpc) is 2.56. The summed E-state index contributed by atoms with van der Waals surface area (Å²) in [5.41, 5.74) is 13.7. The lowest BCUT2D eigenvalue weighted by molar-refractivity contribution is 1.29. The van der Waals surface area contributed by atoms with Crippen LogP contribution >= 0.6 is 0 Å². The molecule has 3 aromatic rings. The molecule has 3 heteroatoms. The Morgan fingerprint density at radius 2 is 1.71 bits per heavy atom. The second-order valence-electron chi connectivity index (χ2n) is 6.10. The van der Waals surface area contributed by atoms with Crippen molar-refractivity contribution >= 4 is 5.82 Å². The van der Waals surface area contributed by atoms with Crippen LogP contribution in [0.1, 0.15) is 22.3 Å². The number of pyridine rings is 1. The van der Waals surface area contributed by atoms with Crippen LogP contribution in [0.5, 0.6) is 0 Å². The molecule has 3 nitrogen and oxygen atoms in total. The van der Waals surface area contributed by atoms with E-state index < -0.39 is 0 Å². The molecule has 1 aromatic heterocycles. The predicted molar refractivity (Wildman–Crippen MR) is 98.4 cm³/mol. The molecule has 3 rings (SSSR count). The van der Waals surface area contributed by atoms with Crippen LogP contribution in [0.4, 0.5) is 5.82 Å². The van der Waals surface area contributed by atoms with Gasteiger partial charge in [0.05, 0.1) is 5.69 Å². The average molecular weight is 313 g/mol. The van der Waals surface area contributed by atoms with Crippen LogP contribution in [0.3, 0.4) is 0 Å². The Balaban J connectivity index is 2.24. The number of hydrogen-bond acceptors (Lipinski definition) is 3. The van der Waals surface area contributed by atoms with Crippen molar-refractivity contribution in [1.82, 2.24) is 4.98 Å². The van der Waals surface area contributed by atoms with Crippen LogP contribution in [-0.2, 0) is 0 Å². The highest BCUT2D eigenvalue weighted by Crippen LogP contribution is 2.32. The van der Waals surface area contributed by atoms with Crippen LogP contribution in [0, 0.1) is 32.1 Å². The molecule has 0 saturated heterocycles. The Morgan fingerprint density at radius 1 is 0.917 bits per heavy atom. The SMILES string of the molecule is Cc1cccc(-c2cc(-c3ccc(C)c(C)c3)nc(N)c2C#N)c1. The van der Waals surface area contributed by atoms with Gasteiger partial charge in [-0.25, -0.2) is 4.98 Å². The van der Waals surface area contributed by atoms with Crippen molar-refractivity contribution < 1.29 is 0 Å². The second-order valence-corrected chi connectivity index (χ2v) is 6.10. The fourth-order valence-electron chi connectivity index (χ4n) is 2.77. The Kier molecular flexibility index (Phi) is 4.05. The molecular formula is C21H19N3. The molecule has 0 aliphatic rings. The first-order valence-electron chi connectivity index (χ1n) is 7.85. The number of nitriles is 1. The maximum Gasteiger partial charge on any atom is 0.142 e. The summed E-state index contributed by atoms with van der Waals surface area (Å²) in [6.07, 6.45) is 0. The number of aromatic nitrogens is 1. The molecule has 2 N–H and O–H groups in total. The minimum absolute atomic E-state index is 0.268. The van der Waals surface area contributed by atoms with Crippen molar-refractivity contribution in [2.24, 2.45) is 0 Å². The quantitative estimate of drug-likeness (QED) is 0.739. The maximum atomic E-state index is 9.50. The normalized spacial score (nSPS) is 10.4. The Labute approximate surface area is 142 Å². The van der Waals surface area contributed by atoms with Crippen molar-refractivity contribution in [3.8, 4) is 28.5 Å². The Morgan fingerprint density at radius 3 is 2.38 bits per heavy atom. The predicted octanol–water partition coefficient (Wildman–Crippen LogP) is 4.79. The van der Waals surface area contributed by atoms with Gasteiger partial charge in [0.25, 0.3) is 0 Å². The molecule has 0 bridgehead atoms. The lowest BCUT2D eigenvalue weighted by Gasteiger charge is -2.12. The zero-order chi connectivity index (χ0) is 17.3. The van der Waals surface area contributed by atoms with Crippen molar-refractivity contribution in [1.29, 1.82) is 5.26 Å². The molecule has 0 aliphatic heterocycles. The number of benzene rings is 2. The first-order valence-corrected chi connectivity index (χ1v) is 7.85. The number of nitrogens with zero attached hydrogens (tertiary/aromatic N) is 2. The first kappa shape index (κ1) is 15.8. The highest BCUT2D eigenvalue weighted by Gasteiger charge is 2.13. The molecule has 0 saturated carbocycles. The van der Waals surface area contributed by atoms with E-state index in [0.717, 1.165) is 27.9 Å². The smallest absolute Gasteiger partial charge is 0.142 e. The summed E-state index contributed by atoms with van der Waals surface area (Å²) in [4.78, 5) is 4.45. The molecule has 0 radical (unpaired) electrons. The lowest BCUT2D eigenvalue weighted by atomic mass is 9.96. The van der Waals surface area contributed by atoms with Gasteiger partial charge < -0.3 is 5.73 Å². The van der Waals surface area contributed by atoms with Crippen molar-refractivity contribution in [2.75, 3.05) is 5.73 Å². The van der Waals surface area contributed by atoms with Crippen molar-refractivity contribution in [3.63, 3.8) is 0 Å². The standard InChI is InChI=1S/C21H19N3/c1-13-5-4-6-16(9-13)18-11-20(24-21(23)19(18)12-22)17-8-7-14(2)15(3)10-17/h4-11H,1-3H3,(H2,23,24). The molecule has 0 unspecified atom stereocenters. The van der Waals surface area contributed by atoms with E-state index in [2.05, 4.69) is 43.1 Å². The summed E-state index contributed by atoms with van der Waals surface area (Å²) in [5, 5.41) is 9.50. The number of hydrogen-bond donors (Lipinski definition) is 1. The first-order chi connectivity index (χ1) is 11.5. The number of nitrogen functional groups attached to an aromatic ring is 1. The van der Waals surface area contributed by atoms with Crippen molar-refractivity contribution in [3.05, 3.63) is 70.8 Å². The molecular weight excluding hydrogens is 294 g/mol. The zero-order valence-corrected chi connectivity index (χ0v) is 14.1. The molecule has 0 atom stereocenters. The van der Waals surface area contributed by atoms with Crippen LogP contribution in [0.2, 0.25) is 0 Å². The lowest BCUT2D eigenvalue weighted by Crippen LogP contribution is -2.00. The molecule has 1 heterocycles. The molecule has 2 aromatic carbocycles. The van der Waals surface area contributed by atoms with Gasteiger partial charge in [-0.15, -0.1) is 0 Å². The largest absolute Gasteiger partial charge is 0.383 e. The van der Waals surface area contributed by atoms with E-state index in [-0.39, 0.29) is 5.82 Å². The molecule has 0 fully saturated rings. The third-order valence-corrected chi connectivity index (χ3v) is 4.29. The van der Waals surface area contributed by atoms with E-state index >= 15 is 0 Å².